The Morgan fingerprint density at radius 1 is 1.31 bits per heavy atom. The van der Waals surface area contributed by atoms with Gasteiger partial charge in [0.25, 0.3) is 0 Å². The van der Waals surface area contributed by atoms with Crippen LogP contribution in [0.15, 0.2) is 30.3 Å². The molecule has 2 aromatic rings. The molecule has 1 N–H and O–H groups in total. The highest BCUT2D eigenvalue weighted by Gasteiger charge is 2.11. The van der Waals surface area contributed by atoms with Gasteiger partial charge in [0, 0.05) is 6.42 Å². The lowest BCUT2D eigenvalue weighted by Gasteiger charge is -2.07. The molecule has 0 saturated carbocycles. The van der Waals surface area contributed by atoms with E-state index in [-0.39, 0.29) is 0 Å². The van der Waals surface area contributed by atoms with Crippen molar-refractivity contribution in [1.29, 1.82) is 0 Å². The van der Waals surface area contributed by atoms with E-state index in [0.29, 0.717) is 18.7 Å². The first-order valence-corrected chi connectivity index (χ1v) is 5.32. The van der Waals surface area contributed by atoms with E-state index in [1.165, 1.54) is 0 Å². The smallest absolute Gasteiger partial charge is 0.159 e. The number of hydrogen-bond donors (Lipinski definition) is 1. The highest BCUT2D eigenvalue weighted by Crippen LogP contribution is 2.09. The van der Waals surface area contributed by atoms with Gasteiger partial charge < -0.3 is 5.11 Å². The molecule has 84 valence electrons. The predicted octanol–water partition coefficient (Wildman–Crippen LogP) is 0.976. The maximum absolute atomic E-state index is 9.59. The fourth-order valence-electron chi connectivity index (χ4n) is 1.46. The molecule has 0 amide bonds. The molecule has 1 unspecified atom stereocenters. The van der Waals surface area contributed by atoms with Gasteiger partial charge in [-0.05, 0) is 29.0 Å². The minimum absolute atomic E-state index is 0.395. The molecule has 0 aliphatic carbocycles. The SMILES string of the molecule is CCC(O)Cc1nnnn1-c1ccccc1. The fraction of sp³-hybridized carbons (Fsp3) is 0.364. The lowest BCUT2D eigenvalue weighted by atomic mass is 10.2. The number of hydrogen-bond acceptors (Lipinski definition) is 4. The maximum Gasteiger partial charge on any atom is 0.159 e. The molecule has 2 rings (SSSR count). The van der Waals surface area contributed by atoms with Gasteiger partial charge in [0.15, 0.2) is 5.82 Å². The number of aliphatic hydroxyl groups excluding tert-OH is 1. The molecule has 0 saturated heterocycles. The number of para-hydroxylation sites is 1. The molecular weight excluding hydrogens is 204 g/mol. The Morgan fingerprint density at radius 3 is 2.75 bits per heavy atom. The van der Waals surface area contributed by atoms with Crippen molar-refractivity contribution in [3.8, 4) is 5.69 Å². The Bertz CT molecular complexity index is 440. The van der Waals surface area contributed by atoms with Crippen LogP contribution in [0.4, 0.5) is 0 Å². The summed E-state index contributed by atoms with van der Waals surface area (Å²) in [6.45, 7) is 1.93. The second-order valence-electron chi connectivity index (χ2n) is 3.61. The van der Waals surface area contributed by atoms with E-state index < -0.39 is 6.10 Å². The molecule has 0 bridgehead atoms. The Hall–Kier alpha value is -1.75. The van der Waals surface area contributed by atoms with E-state index in [0.717, 1.165) is 5.69 Å². The van der Waals surface area contributed by atoms with E-state index in [9.17, 15) is 5.11 Å². The standard InChI is InChI=1S/C11H14N4O/c1-2-10(16)8-11-12-13-14-15(11)9-6-4-3-5-7-9/h3-7,10,16H,2,8H2,1H3. The molecule has 1 heterocycles. The third-order valence-corrected chi connectivity index (χ3v) is 2.42. The summed E-state index contributed by atoms with van der Waals surface area (Å²) in [4.78, 5) is 0. The lowest BCUT2D eigenvalue weighted by molar-refractivity contribution is 0.167. The molecule has 5 heteroatoms. The number of nitrogens with zero attached hydrogens (tertiary/aromatic N) is 4. The van der Waals surface area contributed by atoms with Crippen LogP contribution in [0.1, 0.15) is 19.2 Å². The zero-order valence-corrected chi connectivity index (χ0v) is 9.11. The summed E-state index contributed by atoms with van der Waals surface area (Å²) in [6.07, 6.45) is 0.772. The summed E-state index contributed by atoms with van der Waals surface area (Å²) in [5.74, 6) is 0.681. The van der Waals surface area contributed by atoms with Gasteiger partial charge in [-0.2, -0.15) is 4.68 Å². The van der Waals surface area contributed by atoms with Crippen LogP contribution in [-0.4, -0.2) is 31.4 Å². The summed E-state index contributed by atoms with van der Waals surface area (Å²) in [5.41, 5.74) is 0.908. The normalized spacial score (nSPS) is 12.6. The molecule has 0 spiro atoms. The van der Waals surface area contributed by atoms with Crippen molar-refractivity contribution < 1.29 is 5.11 Å². The van der Waals surface area contributed by atoms with E-state index in [4.69, 9.17) is 0 Å². The van der Waals surface area contributed by atoms with Gasteiger partial charge in [0.2, 0.25) is 0 Å². The third-order valence-electron chi connectivity index (χ3n) is 2.42. The summed E-state index contributed by atoms with van der Waals surface area (Å²) in [5, 5.41) is 21.1. The van der Waals surface area contributed by atoms with Gasteiger partial charge >= 0.3 is 0 Å². The molecule has 0 aliphatic heterocycles. The monoisotopic (exact) mass is 218 g/mol. The molecule has 0 radical (unpaired) electrons. The summed E-state index contributed by atoms with van der Waals surface area (Å²) >= 11 is 0. The Labute approximate surface area is 93.7 Å². The van der Waals surface area contributed by atoms with Crippen molar-refractivity contribution in [2.45, 2.75) is 25.9 Å². The van der Waals surface area contributed by atoms with E-state index in [2.05, 4.69) is 15.5 Å². The van der Waals surface area contributed by atoms with Crippen LogP contribution in [0.2, 0.25) is 0 Å². The minimum atomic E-state index is -0.395. The molecule has 5 nitrogen and oxygen atoms in total. The Balaban J connectivity index is 2.26. The maximum atomic E-state index is 9.59. The molecular formula is C11H14N4O. The van der Waals surface area contributed by atoms with Gasteiger partial charge in [0.1, 0.15) is 0 Å². The molecule has 1 aromatic carbocycles. The summed E-state index contributed by atoms with van der Waals surface area (Å²) < 4.78 is 1.65. The van der Waals surface area contributed by atoms with Gasteiger partial charge in [-0.15, -0.1) is 5.10 Å². The van der Waals surface area contributed by atoms with E-state index >= 15 is 0 Å². The number of aromatic nitrogens is 4. The lowest BCUT2D eigenvalue weighted by Crippen LogP contribution is -2.13. The van der Waals surface area contributed by atoms with Crippen molar-refractivity contribution in [3.05, 3.63) is 36.2 Å². The number of benzene rings is 1. The topological polar surface area (TPSA) is 63.8 Å². The van der Waals surface area contributed by atoms with Crippen LogP contribution in [0.25, 0.3) is 5.69 Å². The van der Waals surface area contributed by atoms with E-state index in [1.54, 1.807) is 4.68 Å². The van der Waals surface area contributed by atoms with Crippen molar-refractivity contribution in [1.82, 2.24) is 20.2 Å². The average molecular weight is 218 g/mol. The molecule has 0 fully saturated rings. The molecule has 1 atom stereocenters. The quantitative estimate of drug-likeness (QED) is 0.830. The zero-order chi connectivity index (χ0) is 11.4. The van der Waals surface area contributed by atoms with Gasteiger partial charge in [-0.1, -0.05) is 25.1 Å². The van der Waals surface area contributed by atoms with Crippen molar-refractivity contribution in [3.63, 3.8) is 0 Å². The largest absolute Gasteiger partial charge is 0.393 e. The number of rotatable bonds is 4. The van der Waals surface area contributed by atoms with Crippen LogP contribution < -0.4 is 0 Å². The third kappa shape index (κ3) is 2.25. The molecule has 0 aliphatic rings. The first-order chi connectivity index (χ1) is 7.81. The van der Waals surface area contributed by atoms with Crippen LogP contribution in [-0.2, 0) is 6.42 Å². The average Bonchev–Trinajstić information content (AvgIpc) is 2.78. The molecule has 1 aromatic heterocycles. The van der Waals surface area contributed by atoms with Gasteiger partial charge in [0.05, 0.1) is 11.8 Å². The fourth-order valence-corrected chi connectivity index (χ4v) is 1.46. The second-order valence-corrected chi connectivity index (χ2v) is 3.61. The second kappa shape index (κ2) is 4.85. The zero-order valence-electron chi connectivity index (χ0n) is 9.11. The van der Waals surface area contributed by atoms with Crippen molar-refractivity contribution in [2.75, 3.05) is 0 Å². The summed E-state index contributed by atoms with van der Waals surface area (Å²) in [6, 6.07) is 9.65. The highest BCUT2D eigenvalue weighted by atomic mass is 16.3. The number of aliphatic hydroxyl groups is 1. The first kappa shape index (κ1) is 10.8. The van der Waals surface area contributed by atoms with Gasteiger partial charge in [-0.25, -0.2) is 0 Å². The van der Waals surface area contributed by atoms with Crippen LogP contribution >= 0.6 is 0 Å². The van der Waals surface area contributed by atoms with Crippen LogP contribution in [0, 0.1) is 0 Å². The Morgan fingerprint density at radius 2 is 2.06 bits per heavy atom. The Kier molecular flexibility index (Phi) is 3.26. The van der Waals surface area contributed by atoms with Crippen molar-refractivity contribution in [2.24, 2.45) is 0 Å². The molecule has 16 heavy (non-hydrogen) atoms. The van der Waals surface area contributed by atoms with Crippen LogP contribution in [0.3, 0.4) is 0 Å². The highest BCUT2D eigenvalue weighted by molar-refractivity contribution is 5.30. The number of tetrazole rings is 1. The van der Waals surface area contributed by atoms with Gasteiger partial charge in [-0.3, -0.25) is 0 Å². The van der Waals surface area contributed by atoms with E-state index in [1.807, 2.05) is 37.3 Å². The predicted molar refractivity (Wildman–Crippen MR) is 59.2 cm³/mol. The minimum Gasteiger partial charge on any atom is -0.393 e. The van der Waals surface area contributed by atoms with Crippen molar-refractivity contribution >= 4 is 0 Å². The summed E-state index contributed by atoms with van der Waals surface area (Å²) in [7, 11) is 0. The first-order valence-electron chi connectivity index (χ1n) is 5.32. The van der Waals surface area contributed by atoms with Crippen LogP contribution in [0.5, 0.6) is 0 Å².